The molecule has 1 unspecified atom stereocenters. The average Bonchev–Trinajstić information content (AvgIpc) is 2.75. The van der Waals surface area contributed by atoms with Gasteiger partial charge in [-0.1, -0.05) is 17.7 Å². The van der Waals surface area contributed by atoms with Gasteiger partial charge in [-0.05, 0) is 55.3 Å². The van der Waals surface area contributed by atoms with Crippen LogP contribution in [-0.2, 0) is 0 Å². The molecule has 142 valence electrons. The van der Waals surface area contributed by atoms with Crippen LogP contribution in [-0.4, -0.2) is 38.8 Å². The van der Waals surface area contributed by atoms with E-state index in [1.807, 2.05) is 29.2 Å². The van der Waals surface area contributed by atoms with E-state index in [1.165, 1.54) is 0 Å². The lowest BCUT2D eigenvalue weighted by Gasteiger charge is -2.32. The van der Waals surface area contributed by atoms with Crippen molar-refractivity contribution >= 4 is 29.3 Å². The van der Waals surface area contributed by atoms with Crippen LogP contribution in [0, 0.1) is 0 Å². The summed E-state index contributed by atoms with van der Waals surface area (Å²) in [6.45, 7) is 1.39. The topological polar surface area (TPSA) is 71.0 Å². The molecular weight excluding hydrogens is 374 g/mol. The van der Waals surface area contributed by atoms with Gasteiger partial charge in [0.2, 0.25) is 5.95 Å². The number of aromatic nitrogens is 3. The number of amides is 1. The Morgan fingerprint density at radius 2 is 1.93 bits per heavy atom. The van der Waals surface area contributed by atoms with Crippen molar-refractivity contribution in [1.82, 2.24) is 19.9 Å². The van der Waals surface area contributed by atoms with Gasteiger partial charge >= 0.3 is 0 Å². The summed E-state index contributed by atoms with van der Waals surface area (Å²) in [6.07, 6.45) is 5.39. The summed E-state index contributed by atoms with van der Waals surface area (Å²) < 4.78 is 0. The normalized spacial score (nSPS) is 16.6. The number of rotatable bonds is 4. The predicted octanol–water partition coefficient (Wildman–Crippen LogP) is 4.29. The SMILES string of the molecule is O=C(c1ccc(Cl)cc1)N1CCCC(c2ccnc(Nc3ccccn3)n2)C1. The molecular formula is C21H20ClN5O. The van der Waals surface area contributed by atoms with E-state index in [-0.39, 0.29) is 11.8 Å². The molecule has 7 heteroatoms. The molecule has 1 aliphatic rings. The molecule has 1 aliphatic heterocycles. The van der Waals surface area contributed by atoms with Crippen LogP contribution in [0.25, 0.3) is 0 Å². The molecule has 0 spiro atoms. The molecule has 1 amide bonds. The summed E-state index contributed by atoms with van der Waals surface area (Å²) in [5.41, 5.74) is 1.59. The Hall–Kier alpha value is -2.99. The molecule has 3 heterocycles. The van der Waals surface area contributed by atoms with Crippen LogP contribution in [0.1, 0.15) is 34.8 Å². The molecule has 1 aromatic carbocycles. The van der Waals surface area contributed by atoms with E-state index in [0.29, 0.717) is 28.9 Å². The third kappa shape index (κ3) is 4.28. The van der Waals surface area contributed by atoms with Gasteiger partial charge in [-0.15, -0.1) is 0 Å². The number of pyridine rings is 1. The van der Waals surface area contributed by atoms with Gasteiger partial charge in [0, 0.05) is 42.0 Å². The van der Waals surface area contributed by atoms with Gasteiger partial charge in [0.05, 0.1) is 5.69 Å². The Morgan fingerprint density at radius 1 is 1.07 bits per heavy atom. The highest BCUT2D eigenvalue weighted by atomic mass is 35.5. The number of piperidine rings is 1. The van der Waals surface area contributed by atoms with E-state index in [4.69, 9.17) is 11.6 Å². The maximum Gasteiger partial charge on any atom is 0.253 e. The summed E-state index contributed by atoms with van der Waals surface area (Å²) >= 11 is 5.93. The fourth-order valence-electron chi connectivity index (χ4n) is 3.39. The summed E-state index contributed by atoms with van der Waals surface area (Å²) in [7, 11) is 0. The van der Waals surface area contributed by atoms with Gasteiger partial charge in [-0.25, -0.2) is 15.0 Å². The molecule has 0 saturated carbocycles. The van der Waals surface area contributed by atoms with Gasteiger partial charge in [0.1, 0.15) is 5.82 Å². The number of hydrogen-bond donors (Lipinski definition) is 1. The predicted molar refractivity (Wildman–Crippen MR) is 109 cm³/mol. The van der Waals surface area contributed by atoms with Crippen molar-refractivity contribution in [3.8, 4) is 0 Å². The fraction of sp³-hybridized carbons (Fsp3) is 0.238. The smallest absolute Gasteiger partial charge is 0.253 e. The standard InChI is InChI=1S/C21H20ClN5O/c22-17-8-6-15(7-9-17)20(28)27-13-3-4-16(14-27)18-10-12-24-21(25-18)26-19-5-1-2-11-23-19/h1-2,5-12,16H,3-4,13-14H2,(H,23,24,25,26). The number of benzene rings is 1. The molecule has 2 aromatic heterocycles. The minimum atomic E-state index is 0.0299. The largest absolute Gasteiger partial charge is 0.338 e. The summed E-state index contributed by atoms with van der Waals surface area (Å²) in [5, 5.41) is 3.75. The van der Waals surface area contributed by atoms with Crippen molar-refractivity contribution in [2.45, 2.75) is 18.8 Å². The minimum Gasteiger partial charge on any atom is -0.338 e. The minimum absolute atomic E-state index is 0.0299. The van der Waals surface area contributed by atoms with Crippen molar-refractivity contribution in [2.75, 3.05) is 18.4 Å². The Bertz CT molecular complexity index is 949. The van der Waals surface area contributed by atoms with Crippen LogP contribution in [0.15, 0.2) is 60.9 Å². The first-order valence-electron chi connectivity index (χ1n) is 9.25. The Morgan fingerprint density at radius 3 is 2.71 bits per heavy atom. The Kier molecular flexibility index (Phi) is 5.48. The molecule has 6 nitrogen and oxygen atoms in total. The van der Waals surface area contributed by atoms with Crippen LogP contribution in [0.5, 0.6) is 0 Å². The molecule has 0 radical (unpaired) electrons. The zero-order valence-corrected chi connectivity index (χ0v) is 16.0. The molecule has 28 heavy (non-hydrogen) atoms. The van der Waals surface area contributed by atoms with Gasteiger partial charge in [0.15, 0.2) is 0 Å². The lowest BCUT2D eigenvalue weighted by atomic mass is 9.94. The van der Waals surface area contributed by atoms with Gasteiger partial charge in [0.25, 0.3) is 5.91 Å². The van der Waals surface area contributed by atoms with Crippen LogP contribution in [0.3, 0.4) is 0 Å². The third-order valence-corrected chi connectivity index (χ3v) is 5.05. The number of hydrogen-bond acceptors (Lipinski definition) is 5. The van der Waals surface area contributed by atoms with Crippen LogP contribution in [0.2, 0.25) is 5.02 Å². The Balaban J connectivity index is 1.48. The van der Waals surface area contributed by atoms with E-state index in [9.17, 15) is 4.79 Å². The quantitative estimate of drug-likeness (QED) is 0.716. The van der Waals surface area contributed by atoms with Crippen molar-refractivity contribution in [3.05, 3.63) is 77.2 Å². The van der Waals surface area contributed by atoms with Gasteiger partial charge in [-0.3, -0.25) is 4.79 Å². The number of anilines is 2. The number of nitrogens with one attached hydrogen (secondary N) is 1. The first-order valence-corrected chi connectivity index (χ1v) is 9.63. The van der Waals surface area contributed by atoms with Crippen molar-refractivity contribution in [2.24, 2.45) is 0 Å². The van der Waals surface area contributed by atoms with E-state index in [0.717, 1.165) is 25.1 Å². The molecule has 1 atom stereocenters. The van der Waals surface area contributed by atoms with Crippen LogP contribution >= 0.6 is 11.6 Å². The zero-order chi connectivity index (χ0) is 19.3. The second-order valence-corrected chi connectivity index (χ2v) is 7.18. The van der Waals surface area contributed by atoms with Crippen LogP contribution in [0.4, 0.5) is 11.8 Å². The molecule has 1 saturated heterocycles. The lowest BCUT2D eigenvalue weighted by molar-refractivity contribution is 0.0706. The maximum absolute atomic E-state index is 12.8. The molecule has 4 rings (SSSR count). The summed E-state index contributed by atoms with van der Waals surface area (Å²) in [5.74, 6) is 1.42. The Labute approximate surface area is 168 Å². The van der Waals surface area contributed by atoms with E-state index < -0.39 is 0 Å². The number of carbonyl (C=O) groups excluding carboxylic acids is 1. The zero-order valence-electron chi connectivity index (χ0n) is 15.3. The number of likely N-dealkylation sites (tertiary alicyclic amines) is 1. The third-order valence-electron chi connectivity index (χ3n) is 4.80. The molecule has 0 bridgehead atoms. The highest BCUT2D eigenvalue weighted by Crippen LogP contribution is 2.27. The second kappa shape index (κ2) is 8.35. The van der Waals surface area contributed by atoms with Gasteiger partial charge < -0.3 is 10.2 Å². The number of halogens is 1. The first kappa shape index (κ1) is 18.4. The molecule has 1 fully saturated rings. The summed E-state index contributed by atoms with van der Waals surface area (Å²) in [6, 6.07) is 14.6. The average molecular weight is 394 g/mol. The van der Waals surface area contributed by atoms with Crippen molar-refractivity contribution < 1.29 is 4.79 Å². The highest BCUT2D eigenvalue weighted by Gasteiger charge is 2.26. The van der Waals surface area contributed by atoms with Crippen LogP contribution < -0.4 is 5.32 Å². The summed E-state index contributed by atoms with van der Waals surface area (Å²) in [4.78, 5) is 27.9. The molecule has 3 aromatic rings. The molecule has 0 aliphatic carbocycles. The van der Waals surface area contributed by atoms with E-state index in [2.05, 4.69) is 20.3 Å². The number of carbonyl (C=O) groups is 1. The second-order valence-electron chi connectivity index (χ2n) is 6.74. The maximum atomic E-state index is 12.8. The van der Waals surface area contributed by atoms with Crippen molar-refractivity contribution in [1.29, 1.82) is 0 Å². The monoisotopic (exact) mass is 393 g/mol. The number of nitrogens with zero attached hydrogens (tertiary/aromatic N) is 4. The lowest BCUT2D eigenvalue weighted by Crippen LogP contribution is -2.39. The van der Waals surface area contributed by atoms with E-state index >= 15 is 0 Å². The molecule has 1 N–H and O–H groups in total. The van der Waals surface area contributed by atoms with Gasteiger partial charge in [-0.2, -0.15) is 0 Å². The first-order chi connectivity index (χ1) is 13.7. The van der Waals surface area contributed by atoms with E-state index in [1.54, 1.807) is 36.7 Å². The van der Waals surface area contributed by atoms with Crippen molar-refractivity contribution in [3.63, 3.8) is 0 Å². The highest BCUT2D eigenvalue weighted by molar-refractivity contribution is 6.30. The fourth-order valence-corrected chi connectivity index (χ4v) is 3.52.